The summed E-state index contributed by atoms with van der Waals surface area (Å²) in [4.78, 5) is 15.1. The number of pyridine rings is 1. The highest BCUT2D eigenvalue weighted by molar-refractivity contribution is 9.10. The molecular formula is C13H10BrFN2O2. The fraction of sp³-hybridized carbons (Fsp3) is 0.0769. The number of carboxylic acids is 1. The second kappa shape index (κ2) is 5.36. The number of benzene rings is 1. The Labute approximate surface area is 117 Å². The van der Waals surface area contributed by atoms with Crippen LogP contribution in [0.5, 0.6) is 0 Å². The fourth-order valence-corrected chi connectivity index (χ4v) is 1.90. The van der Waals surface area contributed by atoms with E-state index in [1.807, 2.05) is 6.92 Å². The number of anilines is 2. The van der Waals surface area contributed by atoms with Crippen molar-refractivity contribution in [2.24, 2.45) is 0 Å². The molecule has 0 amide bonds. The molecule has 6 heteroatoms. The first kappa shape index (κ1) is 13.5. The van der Waals surface area contributed by atoms with Crippen LogP contribution in [0.25, 0.3) is 0 Å². The van der Waals surface area contributed by atoms with Gasteiger partial charge in [0.25, 0.3) is 0 Å². The molecule has 0 saturated carbocycles. The normalized spacial score (nSPS) is 10.3. The number of halogens is 2. The lowest BCUT2D eigenvalue weighted by atomic mass is 10.2. The number of hydrogen-bond acceptors (Lipinski definition) is 3. The Bertz CT molecular complexity index is 647. The monoisotopic (exact) mass is 324 g/mol. The van der Waals surface area contributed by atoms with Crippen molar-refractivity contribution in [1.82, 2.24) is 4.98 Å². The van der Waals surface area contributed by atoms with Crippen molar-refractivity contribution in [2.45, 2.75) is 6.92 Å². The SMILES string of the molecule is Cc1ccc(F)c(Nc2ncc(Br)cc2C(=O)O)c1. The van der Waals surface area contributed by atoms with Gasteiger partial charge in [-0.25, -0.2) is 14.2 Å². The molecule has 0 spiro atoms. The summed E-state index contributed by atoms with van der Waals surface area (Å²) in [7, 11) is 0. The number of rotatable bonds is 3. The number of aryl methyl sites for hydroxylation is 1. The van der Waals surface area contributed by atoms with Crippen LogP contribution in [0.4, 0.5) is 15.9 Å². The van der Waals surface area contributed by atoms with Crippen molar-refractivity contribution >= 4 is 33.4 Å². The standard InChI is InChI=1S/C13H10BrFN2O2/c1-7-2-3-10(15)11(4-7)17-12-9(13(18)19)5-8(14)6-16-12/h2-6H,1H3,(H,16,17)(H,18,19). The van der Waals surface area contributed by atoms with Crippen molar-refractivity contribution in [3.8, 4) is 0 Å². The van der Waals surface area contributed by atoms with E-state index in [0.717, 1.165) is 5.56 Å². The number of nitrogens with one attached hydrogen (secondary N) is 1. The minimum atomic E-state index is -1.13. The second-order valence-electron chi connectivity index (χ2n) is 3.96. The lowest BCUT2D eigenvalue weighted by Gasteiger charge is -2.10. The van der Waals surface area contributed by atoms with E-state index < -0.39 is 11.8 Å². The Morgan fingerprint density at radius 1 is 1.42 bits per heavy atom. The van der Waals surface area contributed by atoms with E-state index in [-0.39, 0.29) is 17.1 Å². The maximum atomic E-state index is 13.6. The molecule has 0 atom stereocenters. The summed E-state index contributed by atoms with van der Waals surface area (Å²) in [6, 6.07) is 5.95. The third kappa shape index (κ3) is 3.08. The van der Waals surface area contributed by atoms with E-state index in [2.05, 4.69) is 26.2 Å². The topological polar surface area (TPSA) is 62.2 Å². The summed E-state index contributed by atoms with van der Waals surface area (Å²) in [5, 5.41) is 11.8. The molecule has 0 aliphatic heterocycles. The number of nitrogens with zero attached hydrogens (tertiary/aromatic N) is 1. The zero-order chi connectivity index (χ0) is 14.0. The number of aromatic carboxylic acids is 1. The predicted molar refractivity (Wildman–Crippen MR) is 73.3 cm³/mol. The van der Waals surface area contributed by atoms with Gasteiger partial charge in [-0.1, -0.05) is 6.07 Å². The molecule has 0 unspecified atom stereocenters. The molecule has 0 fully saturated rings. The number of hydrogen-bond donors (Lipinski definition) is 2. The summed E-state index contributed by atoms with van der Waals surface area (Å²) in [5.74, 6) is -1.50. The number of carboxylic acid groups (broad SMARTS) is 1. The maximum absolute atomic E-state index is 13.6. The fourth-order valence-electron chi connectivity index (χ4n) is 1.56. The van der Waals surface area contributed by atoms with Gasteiger partial charge in [0, 0.05) is 10.7 Å². The molecule has 2 rings (SSSR count). The summed E-state index contributed by atoms with van der Waals surface area (Å²) in [5.41, 5.74) is 1.02. The Balaban J connectivity index is 2.43. The first-order valence-corrected chi connectivity index (χ1v) is 6.18. The molecule has 0 aliphatic carbocycles. The third-order valence-electron chi connectivity index (χ3n) is 2.46. The lowest BCUT2D eigenvalue weighted by Crippen LogP contribution is -2.06. The average Bonchev–Trinajstić information content (AvgIpc) is 2.35. The molecule has 4 nitrogen and oxygen atoms in total. The molecule has 2 N–H and O–H groups in total. The van der Waals surface area contributed by atoms with E-state index >= 15 is 0 Å². The highest BCUT2D eigenvalue weighted by Gasteiger charge is 2.13. The second-order valence-corrected chi connectivity index (χ2v) is 4.88. The minimum Gasteiger partial charge on any atom is -0.478 e. The summed E-state index contributed by atoms with van der Waals surface area (Å²) in [6.45, 7) is 1.82. The van der Waals surface area contributed by atoms with Crippen LogP contribution in [-0.2, 0) is 0 Å². The third-order valence-corrected chi connectivity index (χ3v) is 2.89. The van der Waals surface area contributed by atoms with Crippen LogP contribution in [-0.4, -0.2) is 16.1 Å². The smallest absolute Gasteiger partial charge is 0.339 e. The van der Waals surface area contributed by atoms with Gasteiger partial charge in [-0.05, 0) is 46.6 Å². The zero-order valence-electron chi connectivity index (χ0n) is 9.95. The van der Waals surface area contributed by atoms with Crippen LogP contribution in [0.2, 0.25) is 0 Å². The van der Waals surface area contributed by atoms with Crippen LogP contribution in [0.1, 0.15) is 15.9 Å². The van der Waals surface area contributed by atoms with Gasteiger partial charge in [-0.3, -0.25) is 0 Å². The van der Waals surface area contributed by atoms with Gasteiger partial charge >= 0.3 is 5.97 Å². The van der Waals surface area contributed by atoms with Crippen LogP contribution in [0.15, 0.2) is 34.9 Å². The van der Waals surface area contributed by atoms with Crippen molar-refractivity contribution in [3.05, 3.63) is 51.9 Å². The lowest BCUT2D eigenvalue weighted by molar-refractivity contribution is 0.0697. The molecule has 2 aromatic rings. The maximum Gasteiger partial charge on any atom is 0.339 e. The average molecular weight is 325 g/mol. The molecule has 0 saturated heterocycles. The molecule has 0 bridgehead atoms. The van der Waals surface area contributed by atoms with E-state index in [9.17, 15) is 9.18 Å². The molecule has 1 heterocycles. The first-order valence-electron chi connectivity index (χ1n) is 5.39. The summed E-state index contributed by atoms with van der Waals surface area (Å²) < 4.78 is 14.2. The van der Waals surface area contributed by atoms with E-state index in [0.29, 0.717) is 4.47 Å². The van der Waals surface area contributed by atoms with Gasteiger partial charge < -0.3 is 10.4 Å². The van der Waals surface area contributed by atoms with E-state index in [1.165, 1.54) is 18.3 Å². The molecule has 0 aliphatic rings. The summed E-state index contributed by atoms with van der Waals surface area (Å²) >= 11 is 3.15. The van der Waals surface area contributed by atoms with Crippen molar-refractivity contribution < 1.29 is 14.3 Å². The van der Waals surface area contributed by atoms with E-state index in [4.69, 9.17) is 5.11 Å². The Morgan fingerprint density at radius 3 is 2.84 bits per heavy atom. The highest BCUT2D eigenvalue weighted by atomic mass is 79.9. The Morgan fingerprint density at radius 2 is 2.16 bits per heavy atom. The van der Waals surface area contributed by atoms with Crippen LogP contribution in [0.3, 0.4) is 0 Å². The molecule has 19 heavy (non-hydrogen) atoms. The quantitative estimate of drug-likeness (QED) is 0.902. The number of carbonyl (C=O) groups is 1. The summed E-state index contributed by atoms with van der Waals surface area (Å²) in [6.07, 6.45) is 1.45. The molecule has 1 aromatic heterocycles. The number of aromatic nitrogens is 1. The minimum absolute atomic E-state index is 0.0321. The van der Waals surface area contributed by atoms with Crippen molar-refractivity contribution in [1.29, 1.82) is 0 Å². The predicted octanol–water partition coefficient (Wildman–Crippen LogP) is 3.73. The first-order chi connectivity index (χ1) is 8.97. The highest BCUT2D eigenvalue weighted by Crippen LogP contribution is 2.24. The van der Waals surface area contributed by atoms with Gasteiger partial charge in [0.15, 0.2) is 0 Å². The van der Waals surface area contributed by atoms with Crippen LogP contribution >= 0.6 is 15.9 Å². The van der Waals surface area contributed by atoms with Gasteiger partial charge in [0.1, 0.15) is 17.2 Å². The molecule has 1 aromatic carbocycles. The largest absolute Gasteiger partial charge is 0.478 e. The van der Waals surface area contributed by atoms with Crippen LogP contribution < -0.4 is 5.32 Å². The molecular weight excluding hydrogens is 315 g/mol. The van der Waals surface area contributed by atoms with Crippen molar-refractivity contribution in [3.63, 3.8) is 0 Å². The van der Waals surface area contributed by atoms with Gasteiger partial charge in [0.2, 0.25) is 0 Å². The molecule has 98 valence electrons. The van der Waals surface area contributed by atoms with Gasteiger partial charge in [0.05, 0.1) is 5.69 Å². The zero-order valence-corrected chi connectivity index (χ0v) is 11.5. The molecule has 0 radical (unpaired) electrons. The van der Waals surface area contributed by atoms with E-state index in [1.54, 1.807) is 12.1 Å². The van der Waals surface area contributed by atoms with Gasteiger partial charge in [-0.2, -0.15) is 0 Å². The Kier molecular flexibility index (Phi) is 3.80. The van der Waals surface area contributed by atoms with Crippen molar-refractivity contribution in [2.75, 3.05) is 5.32 Å². The Hall–Kier alpha value is -1.95. The van der Waals surface area contributed by atoms with Crippen LogP contribution in [0, 0.1) is 12.7 Å². The van der Waals surface area contributed by atoms with Gasteiger partial charge in [-0.15, -0.1) is 0 Å².